The molecule has 5 rings (SSSR count). The quantitative estimate of drug-likeness (QED) is 0.336. The van der Waals surface area contributed by atoms with Gasteiger partial charge in [-0.1, -0.05) is 72.2 Å². The lowest BCUT2D eigenvalue weighted by molar-refractivity contribution is 0.669. The fraction of sp³-hybridized carbons (Fsp3) is 0.0769. The second-order valence-electron chi connectivity index (χ2n) is 7.34. The van der Waals surface area contributed by atoms with Gasteiger partial charge in [0.1, 0.15) is 19.0 Å². The predicted molar refractivity (Wildman–Crippen MR) is 119 cm³/mol. The minimum Gasteiger partial charge on any atom is -0.455 e. The van der Waals surface area contributed by atoms with E-state index in [1.165, 1.54) is 22.3 Å². The van der Waals surface area contributed by atoms with Gasteiger partial charge in [0, 0.05) is 16.3 Å². The van der Waals surface area contributed by atoms with Crippen LogP contribution >= 0.6 is 0 Å². The molecule has 0 spiro atoms. The summed E-state index contributed by atoms with van der Waals surface area (Å²) in [5, 5.41) is 2.27. The molecule has 0 fully saturated rings. The molecule has 2 heteroatoms. The molecular weight excluding hydrogens is 339 g/mol. The Kier molecular flexibility index (Phi) is 3.87. The highest BCUT2D eigenvalue weighted by atomic mass is 16.3. The molecule has 0 bridgehead atoms. The monoisotopic (exact) mass is 358 g/mol. The van der Waals surface area contributed by atoms with Crippen molar-refractivity contribution in [3.05, 3.63) is 90.0 Å². The first kappa shape index (κ1) is 16.9. The van der Waals surface area contributed by atoms with Crippen molar-refractivity contribution in [3.63, 3.8) is 0 Å². The molecule has 4 aromatic carbocycles. The zero-order valence-corrected chi connectivity index (χ0v) is 16.0. The minimum absolute atomic E-state index is 0.752. The van der Waals surface area contributed by atoms with Gasteiger partial charge in [-0.2, -0.15) is 0 Å². The minimum atomic E-state index is 0.752. The Balaban J connectivity index is 1.96. The summed E-state index contributed by atoms with van der Waals surface area (Å²) in [6, 6.07) is 27.1. The molecule has 0 saturated carbocycles. The molecule has 1 nitrogen and oxygen atoms in total. The first-order chi connectivity index (χ1) is 13.6. The van der Waals surface area contributed by atoms with E-state index in [9.17, 15) is 0 Å². The van der Waals surface area contributed by atoms with Crippen molar-refractivity contribution in [2.75, 3.05) is 0 Å². The second-order valence-corrected chi connectivity index (χ2v) is 7.34. The maximum absolute atomic E-state index is 6.34. The number of furan rings is 1. The first-order valence-electron chi connectivity index (χ1n) is 9.50. The van der Waals surface area contributed by atoms with Crippen LogP contribution in [0.4, 0.5) is 0 Å². The number of hydrogen-bond acceptors (Lipinski definition) is 1. The predicted octanol–water partition coefficient (Wildman–Crippen LogP) is 6.33. The van der Waals surface area contributed by atoms with Crippen molar-refractivity contribution in [2.45, 2.75) is 13.8 Å². The average molecular weight is 358 g/mol. The number of aryl methyl sites for hydroxylation is 1. The summed E-state index contributed by atoms with van der Waals surface area (Å²) in [7, 11) is 6.11. The van der Waals surface area contributed by atoms with Crippen LogP contribution in [-0.2, 0) is 0 Å². The molecule has 0 unspecified atom stereocenters. The van der Waals surface area contributed by atoms with Gasteiger partial charge in [0.05, 0.1) is 0 Å². The number of rotatable bonds is 2. The fourth-order valence-electron chi connectivity index (χ4n) is 4.15. The lowest BCUT2D eigenvalue weighted by Gasteiger charge is -2.15. The summed E-state index contributed by atoms with van der Waals surface area (Å²) in [4.78, 5) is 0. The summed E-state index contributed by atoms with van der Waals surface area (Å²) >= 11 is 0. The number of hydrogen-bond donors (Lipinski definition) is 0. The maximum Gasteiger partial charge on any atom is 0.143 e. The summed E-state index contributed by atoms with van der Waals surface area (Å²) in [6.07, 6.45) is 0. The van der Waals surface area contributed by atoms with Crippen LogP contribution in [0, 0.1) is 13.8 Å². The van der Waals surface area contributed by atoms with Gasteiger partial charge in [0.2, 0.25) is 0 Å². The number of para-hydroxylation sites is 1. The van der Waals surface area contributed by atoms with Crippen LogP contribution in [0.25, 0.3) is 44.2 Å². The van der Waals surface area contributed by atoms with Gasteiger partial charge < -0.3 is 4.42 Å². The zero-order chi connectivity index (χ0) is 19.3. The Bertz CT molecular complexity index is 1340. The van der Waals surface area contributed by atoms with Gasteiger partial charge in [-0.05, 0) is 53.8 Å². The van der Waals surface area contributed by atoms with Crippen LogP contribution in [0.15, 0.2) is 83.3 Å². The molecule has 132 valence electrons. The van der Waals surface area contributed by atoms with Crippen LogP contribution in [-0.4, -0.2) is 7.85 Å². The highest BCUT2D eigenvalue weighted by Crippen LogP contribution is 2.42. The molecule has 0 atom stereocenters. The van der Waals surface area contributed by atoms with Gasteiger partial charge in [-0.3, -0.25) is 0 Å². The van der Waals surface area contributed by atoms with Gasteiger partial charge in [-0.25, -0.2) is 0 Å². The molecule has 0 amide bonds. The molecule has 0 aliphatic rings. The molecule has 0 N–H and O–H groups in total. The molecule has 0 aliphatic heterocycles. The third kappa shape index (κ3) is 2.57. The van der Waals surface area contributed by atoms with E-state index in [1.54, 1.807) is 0 Å². The second kappa shape index (κ2) is 6.42. The van der Waals surface area contributed by atoms with Crippen LogP contribution in [0.3, 0.4) is 0 Å². The van der Waals surface area contributed by atoms with Crippen LogP contribution < -0.4 is 5.46 Å². The SMILES string of the molecule is [B]c1cccc(-c2c(C)c(-c3ccccc3C)cc3c2oc2ccccc23)c1. The van der Waals surface area contributed by atoms with Crippen molar-refractivity contribution < 1.29 is 4.42 Å². The van der Waals surface area contributed by atoms with Crippen molar-refractivity contribution in [3.8, 4) is 22.3 Å². The van der Waals surface area contributed by atoms with Crippen LogP contribution in [0.2, 0.25) is 0 Å². The summed E-state index contributed by atoms with van der Waals surface area (Å²) in [6.45, 7) is 4.33. The van der Waals surface area contributed by atoms with Crippen molar-refractivity contribution in [1.82, 2.24) is 0 Å². The normalized spacial score (nSPS) is 11.4. The number of fused-ring (bicyclic) bond motifs is 3. The smallest absolute Gasteiger partial charge is 0.143 e. The lowest BCUT2D eigenvalue weighted by atomic mass is 9.86. The Morgan fingerprint density at radius 2 is 1.50 bits per heavy atom. The molecular formula is C26H19BO. The van der Waals surface area contributed by atoms with E-state index < -0.39 is 0 Å². The van der Waals surface area contributed by atoms with E-state index in [1.807, 2.05) is 30.3 Å². The molecule has 5 aromatic rings. The Labute approximate surface area is 166 Å². The zero-order valence-electron chi connectivity index (χ0n) is 16.0. The molecule has 1 heterocycles. The molecule has 0 saturated heterocycles. The lowest BCUT2D eigenvalue weighted by Crippen LogP contribution is -2.01. The Morgan fingerprint density at radius 3 is 2.32 bits per heavy atom. The molecule has 1 aromatic heterocycles. The molecule has 28 heavy (non-hydrogen) atoms. The van der Waals surface area contributed by atoms with Crippen LogP contribution in [0.5, 0.6) is 0 Å². The van der Waals surface area contributed by atoms with E-state index in [0.717, 1.165) is 38.5 Å². The fourth-order valence-corrected chi connectivity index (χ4v) is 4.15. The van der Waals surface area contributed by atoms with E-state index in [-0.39, 0.29) is 0 Å². The average Bonchev–Trinajstić information content (AvgIpc) is 3.06. The van der Waals surface area contributed by atoms with Gasteiger partial charge in [0.15, 0.2) is 0 Å². The third-order valence-electron chi connectivity index (χ3n) is 5.54. The highest BCUT2D eigenvalue weighted by molar-refractivity contribution is 6.32. The third-order valence-corrected chi connectivity index (χ3v) is 5.54. The molecule has 0 aliphatic carbocycles. The van der Waals surface area contributed by atoms with Gasteiger partial charge in [0.25, 0.3) is 0 Å². The van der Waals surface area contributed by atoms with E-state index >= 15 is 0 Å². The van der Waals surface area contributed by atoms with Crippen molar-refractivity contribution in [2.24, 2.45) is 0 Å². The topological polar surface area (TPSA) is 13.1 Å². The van der Waals surface area contributed by atoms with Crippen molar-refractivity contribution >= 4 is 35.2 Å². The van der Waals surface area contributed by atoms with E-state index in [4.69, 9.17) is 12.3 Å². The standard InChI is InChI=1S/C26H19BO/c1-16-8-3-4-11-20(16)22-15-23-21-12-5-6-13-24(21)28-26(23)25(17(22)2)18-9-7-10-19(27)14-18/h3-15H,1-2H3. The van der Waals surface area contributed by atoms with Gasteiger partial charge >= 0.3 is 0 Å². The summed E-state index contributed by atoms with van der Waals surface area (Å²) in [5.41, 5.74) is 9.71. The summed E-state index contributed by atoms with van der Waals surface area (Å²) in [5.74, 6) is 0. The number of benzene rings is 4. The maximum atomic E-state index is 6.34. The van der Waals surface area contributed by atoms with E-state index in [2.05, 4.69) is 62.4 Å². The highest BCUT2D eigenvalue weighted by Gasteiger charge is 2.19. The summed E-state index contributed by atoms with van der Waals surface area (Å²) < 4.78 is 6.34. The van der Waals surface area contributed by atoms with Crippen molar-refractivity contribution in [1.29, 1.82) is 0 Å². The Morgan fingerprint density at radius 1 is 0.714 bits per heavy atom. The van der Waals surface area contributed by atoms with Gasteiger partial charge in [-0.15, -0.1) is 0 Å². The van der Waals surface area contributed by atoms with E-state index in [0.29, 0.717) is 0 Å². The van der Waals surface area contributed by atoms with Crippen LogP contribution in [0.1, 0.15) is 11.1 Å². The Hall–Kier alpha value is -3.26. The molecule has 2 radical (unpaired) electrons. The largest absolute Gasteiger partial charge is 0.455 e. The first-order valence-corrected chi connectivity index (χ1v) is 9.50.